The molecule has 0 amide bonds. The summed E-state index contributed by atoms with van der Waals surface area (Å²) in [5.41, 5.74) is 6.84. The standard InChI is InChI=1S/C33H37N5O7S/c1-20-10-11-23(16-24(20)18-38-15-14-36(4)27-8-6-7-9-30(27)46(38,41)42)26(17-31(39)43-19-29-22(3)44-33(40)45-29)25-12-13-28-32(21(25)2)34-35-37(28)5/h6-13,16,26,31,39H,14-15,17-19H2,1-5H3. The largest absolute Gasteiger partial charge is 0.519 e. The Kier molecular flexibility index (Phi) is 8.59. The summed E-state index contributed by atoms with van der Waals surface area (Å²) in [4.78, 5) is 13.7. The van der Waals surface area contributed by atoms with E-state index in [1.165, 1.54) is 4.31 Å². The van der Waals surface area contributed by atoms with Crippen LogP contribution >= 0.6 is 0 Å². The minimum absolute atomic E-state index is 0.143. The molecule has 3 aromatic carbocycles. The number of sulfonamides is 1. The molecule has 0 aliphatic carbocycles. The van der Waals surface area contributed by atoms with Gasteiger partial charge in [0.1, 0.15) is 22.8 Å². The van der Waals surface area contributed by atoms with Gasteiger partial charge in [0.2, 0.25) is 10.0 Å². The topological polar surface area (TPSA) is 144 Å². The smallest absolute Gasteiger partial charge is 0.396 e. The van der Waals surface area contributed by atoms with E-state index in [9.17, 15) is 18.3 Å². The van der Waals surface area contributed by atoms with Gasteiger partial charge in [-0.25, -0.2) is 17.9 Å². The van der Waals surface area contributed by atoms with Crippen LogP contribution in [-0.2, 0) is 35.0 Å². The van der Waals surface area contributed by atoms with Crippen LogP contribution < -0.4 is 10.7 Å². The molecule has 12 nitrogen and oxygen atoms in total. The van der Waals surface area contributed by atoms with Crippen molar-refractivity contribution < 1.29 is 27.1 Å². The minimum atomic E-state index is -3.76. The van der Waals surface area contributed by atoms with E-state index >= 15 is 0 Å². The number of hydrogen-bond acceptors (Lipinski definition) is 10. The van der Waals surface area contributed by atoms with Crippen molar-refractivity contribution in [3.05, 3.63) is 105 Å². The Morgan fingerprint density at radius 1 is 1.02 bits per heavy atom. The van der Waals surface area contributed by atoms with E-state index in [2.05, 4.69) is 10.3 Å². The molecule has 46 heavy (non-hydrogen) atoms. The molecule has 1 aliphatic rings. The first kappa shape index (κ1) is 31.7. The summed E-state index contributed by atoms with van der Waals surface area (Å²) in [6, 6.07) is 17.0. The maximum absolute atomic E-state index is 13.9. The van der Waals surface area contributed by atoms with Gasteiger partial charge in [-0.3, -0.25) is 0 Å². The monoisotopic (exact) mass is 647 g/mol. The van der Waals surface area contributed by atoms with Crippen molar-refractivity contribution in [1.29, 1.82) is 0 Å². The molecule has 0 spiro atoms. The number of aliphatic hydroxyl groups excluding tert-OH is 1. The summed E-state index contributed by atoms with van der Waals surface area (Å²) < 4.78 is 46.6. The third-order valence-corrected chi connectivity index (χ3v) is 10.7. The van der Waals surface area contributed by atoms with Crippen molar-refractivity contribution >= 4 is 26.7 Å². The lowest BCUT2D eigenvalue weighted by Crippen LogP contribution is -2.33. The summed E-state index contributed by atoms with van der Waals surface area (Å²) >= 11 is 0. The molecular formula is C33H37N5O7S. The summed E-state index contributed by atoms with van der Waals surface area (Å²) in [6.07, 6.45) is -1.07. The van der Waals surface area contributed by atoms with Crippen LogP contribution in [-0.4, -0.2) is 59.3 Å². The van der Waals surface area contributed by atoms with Crippen LogP contribution in [0, 0.1) is 20.8 Å². The third-order valence-electron chi connectivity index (χ3n) is 8.84. The summed E-state index contributed by atoms with van der Waals surface area (Å²) in [5, 5.41) is 19.7. The van der Waals surface area contributed by atoms with Gasteiger partial charge in [0, 0.05) is 46.1 Å². The van der Waals surface area contributed by atoms with Crippen LogP contribution in [0.3, 0.4) is 0 Å². The van der Waals surface area contributed by atoms with Crippen LogP contribution in [0.15, 0.2) is 73.1 Å². The first-order valence-electron chi connectivity index (χ1n) is 15.0. The summed E-state index contributed by atoms with van der Waals surface area (Å²) in [6.45, 7) is 6.46. The van der Waals surface area contributed by atoms with Crippen LogP contribution in [0.4, 0.5) is 5.69 Å². The van der Waals surface area contributed by atoms with Gasteiger partial charge in [0.15, 0.2) is 12.1 Å². The van der Waals surface area contributed by atoms with Gasteiger partial charge in [-0.1, -0.05) is 41.6 Å². The molecule has 0 saturated carbocycles. The molecule has 0 fully saturated rings. The summed E-state index contributed by atoms with van der Waals surface area (Å²) in [7, 11) is -0.0256. The molecule has 242 valence electrons. The zero-order valence-corrected chi connectivity index (χ0v) is 27.2. The number of rotatable bonds is 9. The SMILES string of the molecule is Cc1ccc(C(CC(O)OCc2oc(=O)oc2C)c2ccc3c(nnn3C)c2C)cc1CN1CCN(C)c2ccccc2S1(=O)=O. The normalized spacial score (nSPS) is 16.3. The van der Waals surface area contributed by atoms with Gasteiger partial charge in [-0.2, -0.15) is 4.31 Å². The lowest BCUT2D eigenvalue weighted by molar-refractivity contribution is -0.117. The molecule has 5 aromatic rings. The van der Waals surface area contributed by atoms with Crippen molar-refractivity contribution in [3.63, 3.8) is 0 Å². The number of benzene rings is 3. The molecule has 2 atom stereocenters. The molecule has 0 bridgehead atoms. The van der Waals surface area contributed by atoms with Crippen molar-refractivity contribution in [1.82, 2.24) is 19.3 Å². The predicted molar refractivity (Wildman–Crippen MR) is 171 cm³/mol. The quantitative estimate of drug-likeness (QED) is 0.232. The van der Waals surface area contributed by atoms with E-state index in [4.69, 9.17) is 13.6 Å². The highest BCUT2D eigenvalue weighted by Gasteiger charge is 2.32. The second kappa shape index (κ2) is 12.5. The average molecular weight is 648 g/mol. The number of aromatic nitrogens is 3. The summed E-state index contributed by atoms with van der Waals surface area (Å²) in [5.74, 6) is -0.685. The van der Waals surface area contributed by atoms with E-state index < -0.39 is 22.1 Å². The van der Waals surface area contributed by atoms with Crippen molar-refractivity contribution in [2.45, 2.75) is 57.4 Å². The zero-order valence-electron chi connectivity index (χ0n) is 26.4. The van der Waals surface area contributed by atoms with Gasteiger partial charge in [0.25, 0.3) is 0 Å². The van der Waals surface area contributed by atoms with Crippen LogP contribution in [0.25, 0.3) is 11.0 Å². The number of anilines is 1. The number of para-hydroxylation sites is 1. The van der Waals surface area contributed by atoms with Crippen molar-refractivity contribution in [2.24, 2.45) is 7.05 Å². The molecule has 0 saturated heterocycles. The number of ether oxygens (including phenoxy) is 1. The maximum atomic E-state index is 13.9. The highest BCUT2D eigenvalue weighted by atomic mass is 32.2. The Morgan fingerprint density at radius 2 is 1.80 bits per heavy atom. The third kappa shape index (κ3) is 5.98. The number of aryl methyl sites for hydroxylation is 4. The minimum Gasteiger partial charge on any atom is -0.396 e. The maximum Gasteiger partial charge on any atom is 0.519 e. The Hall–Kier alpha value is -4.30. The molecule has 2 unspecified atom stereocenters. The van der Waals surface area contributed by atoms with E-state index in [-0.39, 0.29) is 37.0 Å². The fourth-order valence-corrected chi connectivity index (χ4v) is 7.73. The van der Waals surface area contributed by atoms with Gasteiger partial charge in [-0.15, -0.1) is 5.10 Å². The van der Waals surface area contributed by atoms with Crippen molar-refractivity contribution in [2.75, 3.05) is 25.0 Å². The highest BCUT2D eigenvalue weighted by molar-refractivity contribution is 7.89. The molecule has 1 N–H and O–H groups in total. The van der Waals surface area contributed by atoms with E-state index in [0.29, 0.717) is 23.7 Å². The first-order chi connectivity index (χ1) is 21.9. The average Bonchev–Trinajstić information content (AvgIpc) is 3.55. The Morgan fingerprint density at radius 3 is 2.57 bits per heavy atom. The number of nitrogens with zero attached hydrogens (tertiary/aromatic N) is 5. The van der Waals surface area contributed by atoms with Gasteiger partial charge in [-0.05, 0) is 66.8 Å². The number of hydrogen-bond donors (Lipinski definition) is 1. The number of likely N-dealkylation sites (N-methyl/N-ethyl adjacent to an activating group) is 1. The first-order valence-corrected chi connectivity index (χ1v) is 16.5. The molecule has 1 aliphatic heterocycles. The van der Waals surface area contributed by atoms with Crippen LogP contribution in [0.5, 0.6) is 0 Å². The van der Waals surface area contributed by atoms with E-state index in [0.717, 1.165) is 38.9 Å². The molecule has 3 heterocycles. The number of fused-ring (bicyclic) bond motifs is 2. The van der Waals surface area contributed by atoms with Crippen LogP contribution in [0.1, 0.15) is 51.7 Å². The number of aliphatic hydroxyl groups is 1. The Balaban J connectivity index is 1.35. The highest BCUT2D eigenvalue weighted by Crippen LogP contribution is 2.36. The lowest BCUT2D eigenvalue weighted by Gasteiger charge is -2.25. The second-order valence-corrected chi connectivity index (χ2v) is 13.7. The van der Waals surface area contributed by atoms with Gasteiger partial charge >= 0.3 is 5.82 Å². The van der Waals surface area contributed by atoms with Gasteiger partial charge in [0.05, 0.1) is 11.2 Å². The predicted octanol–water partition coefficient (Wildman–Crippen LogP) is 4.14. The second-order valence-electron chi connectivity index (χ2n) is 11.8. The van der Waals surface area contributed by atoms with Crippen molar-refractivity contribution in [3.8, 4) is 0 Å². The fraction of sp³-hybridized carbons (Fsp3) is 0.364. The van der Waals surface area contributed by atoms with E-state index in [1.807, 2.05) is 75.3 Å². The molecular weight excluding hydrogens is 610 g/mol. The van der Waals surface area contributed by atoms with E-state index in [1.54, 1.807) is 23.7 Å². The zero-order chi connectivity index (χ0) is 32.7. The Labute approximate surface area is 266 Å². The fourth-order valence-electron chi connectivity index (χ4n) is 6.08. The van der Waals surface area contributed by atoms with Gasteiger partial charge < -0.3 is 23.6 Å². The molecule has 6 rings (SSSR count). The van der Waals surface area contributed by atoms with Crippen LogP contribution in [0.2, 0.25) is 0 Å². The molecule has 2 aromatic heterocycles. The molecule has 0 radical (unpaired) electrons. The Bertz CT molecular complexity index is 2070. The molecule has 13 heteroatoms. The lowest BCUT2D eigenvalue weighted by atomic mass is 9.84.